The number of hydrogen-bond acceptors (Lipinski definition) is 3. The summed E-state index contributed by atoms with van der Waals surface area (Å²) in [4.78, 5) is 11.8. The highest BCUT2D eigenvalue weighted by molar-refractivity contribution is 5.85. The van der Waals surface area contributed by atoms with E-state index in [4.69, 9.17) is 4.74 Å². The quantitative estimate of drug-likeness (QED) is 0.758. The first-order chi connectivity index (χ1) is 11.7. The van der Waals surface area contributed by atoms with Gasteiger partial charge in [0.05, 0.1) is 13.7 Å². The molecular formula is C20H25ClN2O2. The molecule has 2 aromatic rings. The number of halogens is 1. The average molecular weight is 361 g/mol. The van der Waals surface area contributed by atoms with Crippen molar-refractivity contribution in [2.45, 2.75) is 19.4 Å². The van der Waals surface area contributed by atoms with Gasteiger partial charge in [0, 0.05) is 6.54 Å². The van der Waals surface area contributed by atoms with Crippen LogP contribution in [0.2, 0.25) is 0 Å². The molecule has 1 saturated carbocycles. The Hall–Kier alpha value is -2.04. The molecule has 1 aliphatic rings. The first kappa shape index (κ1) is 19.3. The number of rotatable bonds is 8. The SMILES string of the molecule is COc1cccc(-c2ccc(CNC(=O)CNCC3CC3)cc2)c1.Cl. The van der Waals surface area contributed by atoms with Gasteiger partial charge in [-0.05, 0) is 54.1 Å². The second-order valence-corrected chi connectivity index (χ2v) is 6.28. The minimum Gasteiger partial charge on any atom is -0.497 e. The Balaban J connectivity index is 0.00000225. The van der Waals surface area contributed by atoms with Crippen LogP contribution in [0.4, 0.5) is 0 Å². The van der Waals surface area contributed by atoms with E-state index in [0.717, 1.165) is 34.9 Å². The standard InChI is InChI=1S/C20H24N2O2.ClH/c1-24-19-4-2-3-18(11-19)17-9-7-16(8-10-17)13-22-20(23)14-21-12-15-5-6-15;/h2-4,7-11,15,21H,5-6,12-14H2,1H3,(H,22,23);1H. The van der Waals surface area contributed by atoms with Crippen molar-refractivity contribution >= 4 is 18.3 Å². The van der Waals surface area contributed by atoms with Crippen LogP contribution in [0.3, 0.4) is 0 Å². The third-order valence-electron chi connectivity index (χ3n) is 4.26. The van der Waals surface area contributed by atoms with Crippen LogP contribution in [0.1, 0.15) is 18.4 Å². The Labute approximate surface area is 155 Å². The monoisotopic (exact) mass is 360 g/mol. The van der Waals surface area contributed by atoms with Crippen LogP contribution in [-0.4, -0.2) is 26.1 Å². The number of methoxy groups -OCH3 is 1. The van der Waals surface area contributed by atoms with Crippen LogP contribution < -0.4 is 15.4 Å². The number of ether oxygens (including phenoxy) is 1. The lowest BCUT2D eigenvalue weighted by Crippen LogP contribution is -2.34. The highest BCUT2D eigenvalue weighted by atomic mass is 35.5. The van der Waals surface area contributed by atoms with Crippen molar-refractivity contribution in [3.05, 3.63) is 54.1 Å². The summed E-state index contributed by atoms with van der Waals surface area (Å²) < 4.78 is 5.26. The van der Waals surface area contributed by atoms with Crippen LogP contribution in [0.25, 0.3) is 11.1 Å². The van der Waals surface area contributed by atoms with E-state index in [0.29, 0.717) is 13.1 Å². The molecule has 0 bridgehead atoms. The summed E-state index contributed by atoms with van der Waals surface area (Å²) in [6.07, 6.45) is 2.60. The topological polar surface area (TPSA) is 50.4 Å². The molecule has 1 fully saturated rings. The van der Waals surface area contributed by atoms with Crippen molar-refractivity contribution in [3.63, 3.8) is 0 Å². The van der Waals surface area contributed by atoms with Gasteiger partial charge in [0.2, 0.25) is 5.91 Å². The number of amides is 1. The Bertz CT molecular complexity index is 684. The van der Waals surface area contributed by atoms with Crippen LogP contribution >= 0.6 is 12.4 Å². The average Bonchev–Trinajstić information content (AvgIpc) is 3.45. The van der Waals surface area contributed by atoms with Gasteiger partial charge in [-0.3, -0.25) is 4.79 Å². The predicted molar refractivity (Wildman–Crippen MR) is 103 cm³/mol. The molecule has 0 radical (unpaired) electrons. The van der Waals surface area contributed by atoms with Crippen molar-refractivity contribution in [1.82, 2.24) is 10.6 Å². The van der Waals surface area contributed by atoms with E-state index in [-0.39, 0.29) is 18.3 Å². The Morgan fingerprint density at radius 1 is 1.12 bits per heavy atom. The maximum absolute atomic E-state index is 11.8. The molecule has 2 aromatic carbocycles. The van der Waals surface area contributed by atoms with E-state index in [2.05, 4.69) is 28.8 Å². The molecule has 0 heterocycles. The molecule has 134 valence electrons. The normalized spacial score (nSPS) is 13.0. The van der Waals surface area contributed by atoms with Gasteiger partial charge >= 0.3 is 0 Å². The lowest BCUT2D eigenvalue weighted by Gasteiger charge is -2.08. The maximum atomic E-state index is 11.8. The minimum absolute atomic E-state index is 0. The summed E-state index contributed by atoms with van der Waals surface area (Å²) in [5.74, 6) is 1.69. The van der Waals surface area contributed by atoms with Gasteiger partial charge in [-0.1, -0.05) is 36.4 Å². The van der Waals surface area contributed by atoms with Crippen LogP contribution in [0, 0.1) is 5.92 Å². The largest absolute Gasteiger partial charge is 0.497 e. The van der Waals surface area contributed by atoms with Crippen molar-refractivity contribution in [1.29, 1.82) is 0 Å². The van der Waals surface area contributed by atoms with Gasteiger partial charge in [0.1, 0.15) is 5.75 Å². The van der Waals surface area contributed by atoms with Gasteiger partial charge in [-0.15, -0.1) is 12.4 Å². The number of nitrogens with one attached hydrogen (secondary N) is 2. The van der Waals surface area contributed by atoms with Gasteiger partial charge in [0.25, 0.3) is 0 Å². The third kappa shape index (κ3) is 6.07. The third-order valence-corrected chi connectivity index (χ3v) is 4.26. The molecule has 0 spiro atoms. The molecule has 25 heavy (non-hydrogen) atoms. The highest BCUT2D eigenvalue weighted by Gasteiger charge is 2.20. The molecule has 0 atom stereocenters. The number of hydrogen-bond donors (Lipinski definition) is 2. The van der Waals surface area contributed by atoms with Gasteiger partial charge in [0.15, 0.2) is 0 Å². The molecule has 0 saturated heterocycles. The Morgan fingerprint density at radius 3 is 2.56 bits per heavy atom. The maximum Gasteiger partial charge on any atom is 0.234 e. The van der Waals surface area contributed by atoms with E-state index in [1.54, 1.807) is 7.11 Å². The molecule has 0 aromatic heterocycles. The van der Waals surface area contributed by atoms with Crippen molar-refractivity contribution in [3.8, 4) is 16.9 Å². The number of benzene rings is 2. The lowest BCUT2D eigenvalue weighted by molar-refractivity contribution is -0.120. The van der Waals surface area contributed by atoms with E-state index >= 15 is 0 Å². The molecule has 0 aliphatic heterocycles. The van der Waals surface area contributed by atoms with Crippen molar-refractivity contribution in [2.75, 3.05) is 20.2 Å². The smallest absolute Gasteiger partial charge is 0.234 e. The van der Waals surface area contributed by atoms with E-state index < -0.39 is 0 Å². The fourth-order valence-electron chi connectivity index (χ4n) is 2.59. The van der Waals surface area contributed by atoms with Crippen molar-refractivity contribution < 1.29 is 9.53 Å². The number of carbonyl (C=O) groups is 1. The molecular weight excluding hydrogens is 336 g/mol. The van der Waals surface area contributed by atoms with Crippen molar-refractivity contribution in [2.24, 2.45) is 5.92 Å². The fourth-order valence-corrected chi connectivity index (χ4v) is 2.59. The molecule has 3 rings (SSSR count). The molecule has 0 unspecified atom stereocenters. The Kier molecular flexibility index (Phi) is 7.29. The summed E-state index contributed by atoms with van der Waals surface area (Å²) in [6, 6.07) is 16.2. The number of carbonyl (C=O) groups excluding carboxylic acids is 1. The van der Waals surface area contributed by atoms with Crippen LogP contribution in [0.5, 0.6) is 5.75 Å². The Morgan fingerprint density at radius 2 is 1.88 bits per heavy atom. The molecule has 1 amide bonds. The lowest BCUT2D eigenvalue weighted by atomic mass is 10.0. The molecule has 1 aliphatic carbocycles. The van der Waals surface area contributed by atoms with Gasteiger partial charge < -0.3 is 15.4 Å². The van der Waals surface area contributed by atoms with E-state index in [1.807, 2.05) is 30.3 Å². The minimum atomic E-state index is 0. The zero-order valence-electron chi connectivity index (χ0n) is 14.5. The summed E-state index contributed by atoms with van der Waals surface area (Å²) in [6.45, 7) is 1.92. The highest BCUT2D eigenvalue weighted by Crippen LogP contribution is 2.27. The molecule has 5 heteroatoms. The first-order valence-corrected chi connectivity index (χ1v) is 8.45. The second-order valence-electron chi connectivity index (χ2n) is 6.28. The summed E-state index contributed by atoms with van der Waals surface area (Å²) in [5.41, 5.74) is 3.35. The van der Waals surface area contributed by atoms with E-state index in [9.17, 15) is 4.79 Å². The van der Waals surface area contributed by atoms with Crippen LogP contribution in [-0.2, 0) is 11.3 Å². The van der Waals surface area contributed by atoms with Gasteiger partial charge in [-0.25, -0.2) is 0 Å². The van der Waals surface area contributed by atoms with Gasteiger partial charge in [-0.2, -0.15) is 0 Å². The fraction of sp³-hybridized carbons (Fsp3) is 0.350. The summed E-state index contributed by atoms with van der Waals surface area (Å²) in [5, 5.41) is 6.15. The zero-order valence-corrected chi connectivity index (χ0v) is 15.3. The van der Waals surface area contributed by atoms with Crippen LogP contribution in [0.15, 0.2) is 48.5 Å². The molecule has 2 N–H and O–H groups in total. The molecule has 4 nitrogen and oxygen atoms in total. The zero-order chi connectivity index (χ0) is 16.8. The summed E-state index contributed by atoms with van der Waals surface area (Å²) >= 11 is 0. The summed E-state index contributed by atoms with van der Waals surface area (Å²) in [7, 11) is 1.67. The predicted octanol–water partition coefficient (Wildman–Crippen LogP) is 3.40. The van der Waals surface area contributed by atoms with E-state index in [1.165, 1.54) is 12.8 Å². The first-order valence-electron chi connectivity index (χ1n) is 8.45. The second kappa shape index (κ2) is 9.44.